The van der Waals surface area contributed by atoms with E-state index in [-0.39, 0.29) is 0 Å². The third kappa shape index (κ3) is 2.20. The number of nitrogens with zero attached hydrogens (tertiary/aromatic N) is 2. The molecule has 0 aromatic carbocycles. The molecule has 1 aliphatic rings. The van der Waals surface area contributed by atoms with E-state index < -0.39 is 0 Å². The largest absolute Gasteiger partial charge is 0.316 e. The van der Waals surface area contributed by atoms with Crippen molar-refractivity contribution in [3.8, 4) is 6.07 Å². The first-order valence-electron chi connectivity index (χ1n) is 4.49. The van der Waals surface area contributed by atoms with Gasteiger partial charge in [-0.2, -0.15) is 5.26 Å². The van der Waals surface area contributed by atoms with E-state index in [9.17, 15) is 0 Å². The smallest absolute Gasteiger partial charge is 0.0638 e. The quantitative estimate of drug-likeness (QED) is 0.663. The SMILES string of the molecule is CN(C)C(CC#N)C1CCNC1. The molecular formula is C9H17N3. The first kappa shape index (κ1) is 9.50. The molecule has 0 aromatic rings. The van der Waals surface area contributed by atoms with Crippen molar-refractivity contribution in [2.45, 2.75) is 18.9 Å². The standard InChI is InChI=1S/C9H17N3/c1-12(2)9(3-5-10)8-4-6-11-7-8/h8-9,11H,3-4,6-7H2,1-2H3. The molecule has 1 aliphatic heterocycles. The summed E-state index contributed by atoms with van der Waals surface area (Å²) >= 11 is 0. The minimum Gasteiger partial charge on any atom is -0.316 e. The molecule has 3 nitrogen and oxygen atoms in total. The summed E-state index contributed by atoms with van der Waals surface area (Å²) in [5, 5.41) is 12.0. The molecule has 0 aromatic heterocycles. The zero-order chi connectivity index (χ0) is 8.97. The van der Waals surface area contributed by atoms with Crippen LogP contribution in [0.3, 0.4) is 0 Å². The third-order valence-corrected chi connectivity index (χ3v) is 2.61. The summed E-state index contributed by atoms with van der Waals surface area (Å²) in [6.45, 7) is 2.19. The molecule has 2 atom stereocenters. The van der Waals surface area contributed by atoms with Gasteiger partial charge in [0.2, 0.25) is 0 Å². The van der Waals surface area contributed by atoms with E-state index in [4.69, 9.17) is 5.26 Å². The van der Waals surface area contributed by atoms with Gasteiger partial charge in [0.1, 0.15) is 0 Å². The van der Waals surface area contributed by atoms with Crippen molar-refractivity contribution in [1.82, 2.24) is 10.2 Å². The Hall–Kier alpha value is -0.590. The zero-order valence-electron chi connectivity index (χ0n) is 7.88. The van der Waals surface area contributed by atoms with E-state index in [0.29, 0.717) is 18.4 Å². The van der Waals surface area contributed by atoms with Crippen molar-refractivity contribution in [1.29, 1.82) is 5.26 Å². The van der Waals surface area contributed by atoms with Gasteiger partial charge in [-0.15, -0.1) is 0 Å². The molecule has 0 radical (unpaired) electrons. The Morgan fingerprint density at radius 2 is 2.42 bits per heavy atom. The van der Waals surface area contributed by atoms with E-state index in [0.717, 1.165) is 13.1 Å². The van der Waals surface area contributed by atoms with E-state index in [1.807, 2.05) is 0 Å². The lowest BCUT2D eigenvalue weighted by Crippen LogP contribution is -2.36. The molecule has 2 unspecified atom stereocenters. The van der Waals surface area contributed by atoms with Crippen LogP contribution in [0.1, 0.15) is 12.8 Å². The highest BCUT2D eigenvalue weighted by Gasteiger charge is 2.25. The molecule has 12 heavy (non-hydrogen) atoms. The number of rotatable bonds is 3. The van der Waals surface area contributed by atoms with Gasteiger partial charge in [0.25, 0.3) is 0 Å². The third-order valence-electron chi connectivity index (χ3n) is 2.61. The summed E-state index contributed by atoms with van der Waals surface area (Å²) < 4.78 is 0. The fraction of sp³-hybridized carbons (Fsp3) is 0.889. The summed E-state index contributed by atoms with van der Waals surface area (Å²) in [7, 11) is 4.11. The molecule has 0 amide bonds. The number of hydrogen-bond acceptors (Lipinski definition) is 3. The van der Waals surface area contributed by atoms with Gasteiger partial charge in [0.05, 0.1) is 12.5 Å². The Bertz CT molecular complexity index is 165. The van der Waals surface area contributed by atoms with Gasteiger partial charge in [0, 0.05) is 6.04 Å². The first-order chi connectivity index (χ1) is 5.75. The normalized spacial score (nSPS) is 25.7. The number of nitrogens with one attached hydrogen (secondary N) is 1. The Morgan fingerprint density at radius 3 is 2.83 bits per heavy atom. The molecule has 1 N–H and O–H groups in total. The van der Waals surface area contributed by atoms with Crippen molar-refractivity contribution >= 4 is 0 Å². The molecule has 0 bridgehead atoms. The predicted octanol–water partition coefficient (Wildman–Crippen LogP) is 0.440. The summed E-state index contributed by atoms with van der Waals surface area (Å²) in [5.74, 6) is 0.666. The van der Waals surface area contributed by atoms with Crippen LogP contribution in [0.2, 0.25) is 0 Å². The fourth-order valence-corrected chi connectivity index (χ4v) is 1.87. The highest BCUT2D eigenvalue weighted by atomic mass is 15.1. The van der Waals surface area contributed by atoms with Crippen molar-refractivity contribution in [2.24, 2.45) is 5.92 Å². The summed E-state index contributed by atoms with van der Waals surface area (Å²) in [5.41, 5.74) is 0. The Morgan fingerprint density at radius 1 is 1.67 bits per heavy atom. The maximum atomic E-state index is 8.65. The van der Waals surface area contributed by atoms with Gasteiger partial charge in [0.15, 0.2) is 0 Å². The Balaban J connectivity index is 2.47. The van der Waals surface area contributed by atoms with Crippen LogP contribution in [0.4, 0.5) is 0 Å². The topological polar surface area (TPSA) is 39.1 Å². The van der Waals surface area contributed by atoms with Crippen molar-refractivity contribution in [3.05, 3.63) is 0 Å². The molecule has 0 saturated carbocycles. The molecular weight excluding hydrogens is 150 g/mol. The molecule has 3 heteroatoms. The number of hydrogen-bond donors (Lipinski definition) is 1. The second-order valence-electron chi connectivity index (χ2n) is 3.65. The molecule has 0 aliphatic carbocycles. The predicted molar refractivity (Wildman–Crippen MR) is 48.7 cm³/mol. The summed E-state index contributed by atoms with van der Waals surface area (Å²) in [6, 6.07) is 2.69. The van der Waals surface area contributed by atoms with Gasteiger partial charge in [-0.05, 0) is 39.5 Å². The molecule has 68 valence electrons. The van der Waals surface area contributed by atoms with Crippen LogP contribution >= 0.6 is 0 Å². The minimum absolute atomic E-state index is 0.435. The lowest BCUT2D eigenvalue weighted by Gasteiger charge is -2.27. The van der Waals surface area contributed by atoms with E-state index in [2.05, 4.69) is 30.4 Å². The van der Waals surface area contributed by atoms with Crippen LogP contribution in [0.5, 0.6) is 0 Å². The summed E-state index contributed by atoms with van der Waals surface area (Å²) in [4.78, 5) is 2.17. The van der Waals surface area contributed by atoms with Gasteiger partial charge in [-0.25, -0.2) is 0 Å². The van der Waals surface area contributed by atoms with E-state index >= 15 is 0 Å². The van der Waals surface area contributed by atoms with Crippen LogP contribution in [0.25, 0.3) is 0 Å². The van der Waals surface area contributed by atoms with Crippen molar-refractivity contribution in [3.63, 3.8) is 0 Å². The van der Waals surface area contributed by atoms with E-state index in [1.54, 1.807) is 0 Å². The first-order valence-corrected chi connectivity index (χ1v) is 4.49. The average molecular weight is 167 g/mol. The molecule has 1 saturated heterocycles. The van der Waals surface area contributed by atoms with Crippen molar-refractivity contribution in [2.75, 3.05) is 27.2 Å². The van der Waals surface area contributed by atoms with Crippen LogP contribution in [-0.4, -0.2) is 38.1 Å². The summed E-state index contributed by atoms with van der Waals surface area (Å²) in [6.07, 6.45) is 1.86. The fourth-order valence-electron chi connectivity index (χ4n) is 1.87. The molecule has 1 rings (SSSR count). The highest BCUT2D eigenvalue weighted by Crippen LogP contribution is 2.18. The lowest BCUT2D eigenvalue weighted by atomic mass is 9.96. The van der Waals surface area contributed by atoms with Gasteiger partial charge < -0.3 is 10.2 Å². The second-order valence-corrected chi connectivity index (χ2v) is 3.65. The highest BCUT2D eigenvalue weighted by molar-refractivity contribution is 4.89. The molecule has 1 fully saturated rings. The Labute approximate surface area is 74.4 Å². The van der Waals surface area contributed by atoms with Crippen molar-refractivity contribution < 1.29 is 0 Å². The second kappa shape index (κ2) is 4.44. The van der Waals surface area contributed by atoms with Gasteiger partial charge in [-0.3, -0.25) is 0 Å². The van der Waals surface area contributed by atoms with Crippen LogP contribution < -0.4 is 5.32 Å². The van der Waals surface area contributed by atoms with Gasteiger partial charge >= 0.3 is 0 Å². The van der Waals surface area contributed by atoms with Crippen LogP contribution in [0.15, 0.2) is 0 Å². The van der Waals surface area contributed by atoms with Crippen LogP contribution in [-0.2, 0) is 0 Å². The van der Waals surface area contributed by atoms with Crippen LogP contribution in [0, 0.1) is 17.2 Å². The maximum Gasteiger partial charge on any atom is 0.0638 e. The van der Waals surface area contributed by atoms with E-state index in [1.165, 1.54) is 6.42 Å². The monoisotopic (exact) mass is 167 g/mol. The zero-order valence-corrected chi connectivity index (χ0v) is 7.88. The Kier molecular flexibility index (Phi) is 3.51. The minimum atomic E-state index is 0.435. The molecule has 0 spiro atoms. The lowest BCUT2D eigenvalue weighted by molar-refractivity contribution is 0.223. The average Bonchev–Trinajstić information content (AvgIpc) is 2.51. The number of nitriles is 1. The molecule has 1 heterocycles. The maximum absolute atomic E-state index is 8.65. The van der Waals surface area contributed by atoms with Gasteiger partial charge in [-0.1, -0.05) is 0 Å².